The molecule has 2 aliphatic rings. The van der Waals surface area contributed by atoms with Gasteiger partial charge in [-0.05, 0) is 24.6 Å². The summed E-state index contributed by atoms with van der Waals surface area (Å²) >= 11 is 5.73. The van der Waals surface area contributed by atoms with Crippen molar-refractivity contribution in [1.29, 1.82) is 0 Å². The van der Waals surface area contributed by atoms with Gasteiger partial charge in [0.1, 0.15) is 5.82 Å². The summed E-state index contributed by atoms with van der Waals surface area (Å²) in [5.74, 6) is -0.586. The fraction of sp³-hybridized carbons (Fsp3) is 0.412. The summed E-state index contributed by atoms with van der Waals surface area (Å²) in [5.41, 5.74) is 3.24. The zero-order valence-electron chi connectivity index (χ0n) is 14.0. The molecule has 1 unspecified atom stereocenters. The second-order valence-corrected chi connectivity index (χ2v) is 6.87. The first-order chi connectivity index (χ1) is 12.1. The number of amides is 1. The predicted octanol–water partition coefficient (Wildman–Crippen LogP) is 2.28. The van der Waals surface area contributed by atoms with Crippen molar-refractivity contribution in [2.45, 2.75) is 25.4 Å². The molecule has 0 aliphatic carbocycles. The van der Waals surface area contributed by atoms with Gasteiger partial charge >= 0.3 is 0 Å². The van der Waals surface area contributed by atoms with E-state index in [9.17, 15) is 9.18 Å². The number of nitrogens with zero attached hydrogens (tertiary/aromatic N) is 2. The molecular weight excluding hydrogens is 380 g/mol. The van der Waals surface area contributed by atoms with E-state index in [1.54, 1.807) is 12.1 Å². The van der Waals surface area contributed by atoms with E-state index in [1.165, 1.54) is 6.07 Å². The largest absolute Gasteiger partial charge is 0.369 e. The summed E-state index contributed by atoms with van der Waals surface area (Å²) in [4.78, 5) is 14.6. The quantitative estimate of drug-likeness (QED) is 0.739. The zero-order valence-corrected chi connectivity index (χ0v) is 15.6. The Labute approximate surface area is 161 Å². The molecule has 1 amide bonds. The first kappa shape index (κ1) is 18.9. The maximum atomic E-state index is 13.6. The molecular formula is C17H20Cl2FN5O. The smallest absolute Gasteiger partial charge is 0.272 e. The lowest BCUT2D eigenvalue weighted by Crippen LogP contribution is -2.38. The number of nitrogens with one attached hydrogen (secondary N) is 3. The Balaban J connectivity index is 0.00000196. The van der Waals surface area contributed by atoms with E-state index < -0.39 is 5.82 Å². The van der Waals surface area contributed by atoms with Crippen LogP contribution in [0.4, 0.5) is 10.1 Å². The third-order valence-corrected chi connectivity index (χ3v) is 5.12. The van der Waals surface area contributed by atoms with Gasteiger partial charge in [0.2, 0.25) is 0 Å². The summed E-state index contributed by atoms with van der Waals surface area (Å²) in [6.07, 6.45) is 1.66. The lowest BCUT2D eigenvalue weighted by Gasteiger charge is -2.19. The first-order valence-corrected chi connectivity index (χ1v) is 8.77. The highest BCUT2D eigenvalue weighted by atomic mass is 35.5. The molecule has 26 heavy (non-hydrogen) atoms. The van der Waals surface area contributed by atoms with Crippen molar-refractivity contribution in [2.24, 2.45) is 0 Å². The normalized spacial score (nSPS) is 19.0. The SMILES string of the molecule is Cl.O=C(NC1CCN(c2ccc(Cl)c(F)c2)C1)c1n[nH]c2c1CNCC2. The van der Waals surface area contributed by atoms with Crippen LogP contribution in [-0.2, 0) is 13.0 Å². The van der Waals surface area contributed by atoms with E-state index in [-0.39, 0.29) is 29.4 Å². The van der Waals surface area contributed by atoms with E-state index in [1.807, 2.05) is 4.90 Å². The maximum Gasteiger partial charge on any atom is 0.272 e. The minimum atomic E-state index is -0.428. The van der Waals surface area contributed by atoms with Crippen molar-refractivity contribution in [1.82, 2.24) is 20.8 Å². The number of halogens is 3. The third-order valence-electron chi connectivity index (χ3n) is 4.81. The van der Waals surface area contributed by atoms with Crippen LogP contribution in [0.1, 0.15) is 28.2 Å². The van der Waals surface area contributed by atoms with Crippen LogP contribution in [0.25, 0.3) is 0 Å². The molecule has 6 nitrogen and oxygen atoms in total. The molecule has 140 valence electrons. The van der Waals surface area contributed by atoms with Crippen molar-refractivity contribution in [3.63, 3.8) is 0 Å². The molecule has 0 saturated carbocycles. The van der Waals surface area contributed by atoms with Gasteiger partial charge in [-0.15, -0.1) is 12.4 Å². The molecule has 1 aromatic carbocycles. The third kappa shape index (κ3) is 3.65. The average Bonchev–Trinajstić information content (AvgIpc) is 3.24. The average molecular weight is 400 g/mol. The van der Waals surface area contributed by atoms with Crippen molar-refractivity contribution in [3.05, 3.63) is 46.0 Å². The minimum absolute atomic E-state index is 0. The Hall–Kier alpha value is -1.83. The van der Waals surface area contributed by atoms with Crippen molar-refractivity contribution in [3.8, 4) is 0 Å². The number of rotatable bonds is 3. The zero-order chi connectivity index (χ0) is 17.4. The number of aromatic amines is 1. The molecule has 0 spiro atoms. The molecule has 1 fully saturated rings. The highest BCUT2D eigenvalue weighted by Gasteiger charge is 2.28. The number of hydrogen-bond donors (Lipinski definition) is 3. The van der Waals surface area contributed by atoms with Gasteiger partial charge < -0.3 is 15.5 Å². The van der Waals surface area contributed by atoms with Crippen LogP contribution in [0, 0.1) is 5.82 Å². The number of fused-ring (bicyclic) bond motifs is 1. The summed E-state index contributed by atoms with van der Waals surface area (Å²) < 4.78 is 13.6. The molecule has 0 bridgehead atoms. The first-order valence-electron chi connectivity index (χ1n) is 8.39. The van der Waals surface area contributed by atoms with Crippen LogP contribution in [0.5, 0.6) is 0 Å². The van der Waals surface area contributed by atoms with Crippen LogP contribution in [0.2, 0.25) is 5.02 Å². The Morgan fingerprint density at radius 1 is 1.42 bits per heavy atom. The van der Waals surface area contributed by atoms with E-state index in [0.29, 0.717) is 18.8 Å². The standard InChI is InChI=1S/C17H19ClFN5O.ClH/c18-13-2-1-11(7-14(13)19)24-6-4-10(9-24)21-17(25)16-12-8-20-5-3-15(12)22-23-16;/h1-2,7,10,20H,3-6,8-9H2,(H,21,25)(H,22,23);1H. The topological polar surface area (TPSA) is 73.0 Å². The number of aromatic nitrogens is 2. The lowest BCUT2D eigenvalue weighted by atomic mass is 10.1. The second-order valence-electron chi connectivity index (χ2n) is 6.46. The van der Waals surface area contributed by atoms with Gasteiger partial charge in [-0.3, -0.25) is 9.89 Å². The van der Waals surface area contributed by atoms with Gasteiger partial charge in [0, 0.05) is 55.6 Å². The van der Waals surface area contributed by atoms with E-state index in [0.717, 1.165) is 42.9 Å². The summed E-state index contributed by atoms with van der Waals surface area (Å²) in [5, 5.41) is 13.6. The van der Waals surface area contributed by atoms with Crippen LogP contribution in [-0.4, -0.2) is 41.8 Å². The molecule has 1 saturated heterocycles. The van der Waals surface area contributed by atoms with Gasteiger partial charge in [0.05, 0.1) is 5.02 Å². The molecule has 2 aromatic rings. The molecule has 9 heteroatoms. The van der Waals surface area contributed by atoms with Crippen LogP contribution in [0.15, 0.2) is 18.2 Å². The number of hydrogen-bond acceptors (Lipinski definition) is 4. The Bertz CT molecular complexity index is 812. The van der Waals surface area contributed by atoms with Crippen LogP contribution >= 0.6 is 24.0 Å². The molecule has 0 radical (unpaired) electrons. The summed E-state index contributed by atoms with van der Waals surface area (Å²) in [6.45, 7) is 2.95. The molecule has 4 rings (SSSR count). The van der Waals surface area contributed by atoms with Gasteiger partial charge in [-0.25, -0.2) is 4.39 Å². The van der Waals surface area contributed by atoms with Gasteiger partial charge in [-0.2, -0.15) is 5.10 Å². The van der Waals surface area contributed by atoms with Gasteiger partial charge in [0.15, 0.2) is 5.69 Å². The highest BCUT2D eigenvalue weighted by molar-refractivity contribution is 6.30. The Kier molecular flexibility index (Phi) is 5.70. The molecule has 1 atom stereocenters. The monoisotopic (exact) mass is 399 g/mol. The van der Waals surface area contributed by atoms with Crippen molar-refractivity contribution < 1.29 is 9.18 Å². The molecule has 1 aromatic heterocycles. The minimum Gasteiger partial charge on any atom is -0.369 e. The fourth-order valence-electron chi connectivity index (χ4n) is 3.46. The van der Waals surface area contributed by atoms with Gasteiger partial charge in [0.25, 0.3) is 5.91 Å². The van der Waals surface area contributed by atoms with E-state index >= 15 is 0 Å². The van der Waals surface area contributed by atoms with Crippen LogP contribution in [0.3, 0.4) is 0 Å². The Morgan fingerprint density at radius 3 is 3.08 bits per heavy atom. The lowest BCUT2D eigenvalue weighted by molar-refractivity contribution is 0.0934. The molecule has 3 heterocycles. The number of H-pyrrole nitrogens is 1. The number of benzene rings is 1. The fourth-order valence-corrected chi connectivity index (χ4v) is 3.58. The highest BCUT2D eigenvalue weighted by Crippen LogP contribution is 2.25. The van der Waals surface area contributed by atoms with Crippen molar-refractivity contribution >= 4 is 35.6 Å². The number of carbonyl (C=O) groups is 1. The number of anilines is 1. The predicted molar refractivity (Wildman–Crippen MR) is 101 cm³/mol. The van der Waals surface area contributed by atoms with Crippen molar-refractivity contribution in [2.75, 3.05) is 24.5 Å². The summed E-state index contributed by atoms with van der Waals surface area (Å²) in [7, 11) is 0. The Morgan fingerprint density at radius 2 is 2.27 bits per heavy atom. The number of carbonyl (C=O) groups excluding carboxylic acids is 1. The maximum absolute atomic E-state index is 13.6. The summed E-state index contributed by atoms with van der Waals surface area (Å²) in [6, 6.07) is 4.80. The van der Waals surface area contributed by atoms with Crippen LogP contribution < -0.4 is 15.5 Å². The molecule has 3 N–H and O–H groups in total. The van der Waals surface area contributed by atoms with E-state index in [4.69, 9.17) is 11.6 Å². The van der Waals surface area contributed by atoms with E-state index in [2.05, 4.69) is 20.8 Å². The van der Waals surface area contributed by atoms with Gasteiger partial charge in [-0.1, -0.05) is 11.6 Å². The molecule has 2 aliphatic heterocycles. The second kappa shape index (κ2) is 7.82.